The highest BCUT2D eigenvalue weighted by molar-refractivity contribution is 5.91. The second-order valence-corrected chi connectivity index (χ2v) is 8.32. The molecule has 8 nitrogen and oxygen atoms in total. The molecular weight excluding hydrogens is 408 g/mol. The first-order valence-electron chi connectivity index (χ1n) is 10.4. The molecular formula is C24H26N4O4. The van der Waals surface area contributed by atoms with E-state index in [1.165, 1.54) is 9.80 Å². The van der Waals surface area contributed by atoms with Crippen molar-refractivity contribution in [1.82, 2.24) is 15.1 Å². The number of aryl methyl sites for hydroxylation is 1. The lowest BCUT2D eigenvalue weighted by atomic mass is 10.1. The third-order valence-corrected chi connectivity index (χ3v) is 5.54. The van der Waals surface area contributed by atoms with Gasteiger partial charge in [-0.3, -0.25) is 14.8 Å². The lowest BCUT2D eigenvalue weighted by molar-refractivity contribution is -0.138. The maximum atomic E-state index is 12.7. The number of nitrogens with zero attached hydrogens (tertiary/aromatic N) is 3. The van der Waals surface area contributed by atoms with Gasteiger partial charge in [-0.15, -0.1) is 0 Å². The van der Waals surface area contributed by atoms with Gasteiger partial charge in [0.05, 0.1) is 18.4 Å². The van der Waals surface area contributed by atoms with Gasteiger partial charge < -0.3 is 14.7 Å². The third-order valence-electron chi connectivity index (χ3n) is 5.54. The SMILES string of the molecule is Cc1cccc(CN(C(=O)O)c2ccc(-c3cn[nH]c3)cc2OC2(C(=O)N(C)C)CC2)c1. The molecule has 32 heavy (non-hydrogen) atoms. The normalized spacial score (nSPS) is 14.0. The van der Waals surface area contributed by atoms with E-state index in [1.807, 2.05) is 37.3 Å². The summed E-state index contributed by atoms with van der Waals surface area (Å²) in [5.41, 5.74) is 3.00. The first-order valence-corrected chi connectivity index (χ1v) is 10.4. The summed E-state index contributed by atoms with van der Waals surface area (Å²) in [7, 11) is 3.38. The summed E-state index contributed by atoms with van der Waals surface area (Å²) in [5, 5.41) is 16.8. The van der Waals surface area contributed by atoms with Crippen LogP contribution in [0.1, 0.15) is 24.0 Å². The zero-order valence-electron chi connectivity index (χ0n) is 18.3. The van der Waals surface area contributed by atoms with Crippen molar-refractivity contribution >= 4 is 17.7 Å². The largest absolute Gasteiger partial charge is 0.475 e. The van der Waals surface area contributed by atoms with Gasteiger partial charge in [-0.25, -0.2) is 4.79 Å². The Kier molecular flexibility index (Phi) is 5.61. The number of hydrogen-bond acceptors (Lipinski definition) is 4. The van der Waals surface area contributed by atoms with Gasteiger partial charge in [0.15, 0.2) is 5.60 Å². The predicted octanol–water partition coefficient (Wildman–Crippen LogP) is 4.07. The molecule has 8 heteroatoms. The number of carbonyl (C=O) groups excluding carboxylic acids is 1. The van der Waals surface area contributed by atoms with Crippen molar-refractivity contribution in [2.24, 2.45) is 0 Å². The van der Waals surface area contributed by atoms with E-state index in [4.69, 9.17) is 4.74 Å². The summed E-state index contributed by atoms with van der Waals surface area (Å²) >= 11 is 0. The molecule has 0 saturated heterocycles. The summed E-state index contributed by atoms with van der Waals surface area (Å²) in [6.45, 7) is 2.12. The van der Waals surface area contributed by atoms with Crippen LogP contribution >= 0.6 is 0 Å². The number of carbonyl (C=O) groups is 2. The van der Waals surface area contributed by atoms with Crippen LogP contribution in [0.3, 0.4) is 0 Å². The van der Waals surface area contributed by atoms with Crippen LogP contribution in [0.4, 0.5) is 10.5 Å². The van der Waals surface area contributed by atoms with E-state index in [0.29, 0.717) is 24.3 Å². The monoisotopic (exact) mass is 434 g/mol. The average molecular weight is 434 g/mol. The van der Waals surface area contributed by atoms with E-state index in [9.17, 15) is 14.7 Å². The summed E-state index contributed by atoms with van der Waals surface area (Å²) in [5.74, 6) is 0.226. The molecule has 2 amide bonds. The molecule has 0 bridgehead atoms. The van der Waals surface area contributed by atoms with E-state index in [-0.39, 0.29) is 12.5 Å². The Hall–Kier alpha value is -3.81. The van der Waals surface area contributed by atoms with Crippen LogP contribution in [0, 0.1) is 6.92 Å². The second kappa shape index (κ2) is 8.37. The van der Waals surface area contributed by atoms with Crippen LogP contribution in [-0.2, 0) is 11.3 Å². The Morgan fingerprint density at radius 3 is 2.53 bits per heavy atom. The van der Waals surface area contributed by atoms with Gasteiger partial charge in [0.1, 0.15) is 5.75 Å². The van der Waals surface area contributed by atoms with E-state index >= 15 is 0 Å². The summed E-state index contributed by atoms with van der Waals surface area (Å²) < 4.78 is 6.27. The fraction of sp³-hybridized carbons (Fsp3) is 0.292. The highest BCUT2D eigenvalue weighted by atomic mass is 16.5. The van der Waals surface area contributed by atoms with Gasteiger partial charge in [0.2, 0.25) is 0 Å². The molecule has 2 N–H and O–H groups in total. The Bertz CT molecular complexity index is 1140. The third kappa shape index (κ3) is 4.30. The first kappa shape index (κ1) is 21.4. The number of rotatable bonds is 7. The lowest BCUT2D eigenvalue weighted by Gasteiger charge is -2.27. The summed E-state index contributed by atoms with van der Waals surface area (Å²) in [4.78, 5) is 27.8. The number of aromatic amines is 1. The van der Waals surface area contributed by atoms with Gasteiger partial charge in [-0.05, 0) is 30.2 Å². The molecule has 0 spiro atoms. The standard InChI is InChI=1S/C24H26N4O4/c1-16-5-4-6-17(11-16)15-28(23(30)31)20-8-7-18(19-13-25-26-14-19)12-21(20)32-24(9-10-24)22(29)27(2)3/h4-8,11-14H,9-10,15H2,1-3H3,(H,25,26)(H,30,31). The van der Waals surface area contributed by atoms with Crippen molar-refractivity contribution in [2.75, 3.05) is 19.0 Å². The maximum Gasteiger partial charge on any atom is 0.412 e. The molecule has 1 saturated carbocycles. The van der Waals surface area contributed by atoms with Gasteiger partial charge in [-0.1, -0.05) is 35.9 Å². The van der Waals surface area contributed by atoms with Crippen LogP contribution in [0.15, 0.2) is 54.9 Å². The van der Waals surface area contributed by atoms with Crippen LogP contribution in [0.2, 0.25) is 0 Å². The van der Waals surface area contributed by atoms with Gasteiger partial charge >= 0.3 is 6.09 Å². The molecule has 1 heterocycles. The van der Waals surface area contributed by atoms with Crippen LogP contribution in [0.5, 0.6) is 5.75 Å². The van der Waals surface area contributed by atoms with Crippen molar-refractivity contribution < 1.29 is 19.4 Å². The van der Waals surface area contributed by atoms with Crippen LogP contribution < -0.4 is 9.64 Å². The fourth-order valence-electron chi connectivity index (χ4n) is 3.75. The molecule has 0 unspecified atom stereocenters. The lowest BCUT2D eigenvalue weighted by Crippen LogP contribution is -2.40. The Morgan fingerprint density at radius 1 is 1.16 bits per heavy atom. The molecule has 1 aliphatic rings. The maximum absolute atomic E-state index is 12.7. The number of hydrogen-bond donors (Lipinski definition) is 2. The smallest absolute Gasteiger partial charge is 0.412 e. The van der Waals surface area contributed by atoms with Crippen LogP contribution in [0.25, 0.3) is 11.1 Å². The molecule has 0 aliphatic heterocycles. The predicted molar refractivity (Wildman–Crippen MR) is 121 cm³/mol. The number of carboxylic acid groups (broad SMARTS) is 1. The van der Waals surface area contributed by atoms with Crippen molar-refractivity contribution in [3.63, 3.8) is 0 Å². The average Bonchev–Trinajstić information content (AvgIpc) is 3.32. The van der Waals surface area contributed by atoms with E-state index in [1.54, 1.807) is 38.6 Å². The van der Waals surface area contributed by atoms with E-state index in [0.717, 1.165) is 22.3 Å². The number of nitrogens with one attached hydrogen (secondary N) is 1. The topological polar surface area (TPSA) is 98.8 Å². The summed E-state index contributed by atoms with van der Waals surface area (Å²) in [6.07, 6.45) is 3.50. The minimum absolute atomic E-state index is 0.127. The summed E-state index contributed by atoms with van der Waals surface area (Å²) in [6, 6.07) is 13.0. The highest BCUT2D eigenvalue weighted by Crippen LogP contribution is 2.45. The van der Waals surface area contributed by atoms with Gasteiger partial charge in [0, 0.05) is 38.7 Å². The molecule has 166 valence electrons. The Labute approximate surface area is 186 Å². The first-order chi connectivity index (χ1) is 15.3. The van der Waals surface area contributed by atoms with Gasteiger partial charge in [0.25, 0.3) is 5.91 Å². The fourth-order valence-corrected chi connectivity index (χ4v) is 3.75. The molecule has 0 radical (unpaired) electrons. The Morgan fingerprint density at radius 2 is 1.94 bits per heavy atom. The minimum atomic E-state index is -1.10. The molecule has 3 aromatic rings. The van der Waals surface area contributed by atoms with E-state index < -0.39 is 11.7 Å². The molecule has 2 aromatic carbocycles. The number of anilines is 1. The quantitative estimate of drug-likeness (QED) is 0.584. The number of benzene rings is 2. The number of aromatic nitrogens is 2. The molecule has 0 atom stereocenters. The van der Waals surface area contributed by atoms with Crippen molar-refractivity contribution in [3.8, 4) is 16.9 Å². The highest BCUT2D eigenvalue weighted by Gasteiger charge is 2.54. The number of likely N-dealkylation sites (N-methyl/N-ethyl adjacent to an activating group) is 1. The molecule has 1 fully saturated rings. The molecule has 1 aromatic heterocycles. The van der Waals surface area contributed by atoms with Gasteiger partial charge in [-0.2, -0.15) is 5.10 Å². The zero-order valence-corrected chi connectivity index (χ0v) is 18.3. The number of ether oxygens (including phenoxy) is 1. The minimum Gasteiger partial charge on any atom is -0.475 e. The zero-order chi connectivity index (χ0) is 22.9. The van der Waals surface area contributed by atoms with E-state index in [2.05, 4.69) is 10.2 Å². The number of H-pyrrole nitrogens is 1. The van der Waals surface area contributed by atoms with Crippen LogP contribution in [-0.4, -0.2) is 51.9 Å². The molecule has 4 rings (SSSR count). The number of amides is 2. The second-order valence-electron chi connectivity index (χ2n) is 8.32. The Balaban J connectivity index is 1.75. The molecule has 1 aliphatic carbocycles. The van der Waals surface area contributed by atoms with Crippen molar-refractivity contribution in [3.05, 3.63) is 66.0 Å². The van der Waals surface area contributed by atoms with Crippen molar-refractivity contribution in [2.45, 2.75) is 31.9 Å². The van der Waals surface area contributed by atoms with Crippen molar-refractivity contribution in [1.29, 1.82) is 0 Å².